The zero-order valence-electron chi connectivity index (χ0n) is 10.00. The van der Waals surface area contributed by atoms with E-state index in [4.69, 9.17) is 4.52 Å². The lowest BCUT2D eigenvalue weighted by Gasteiger charge is -2.21. The number of likely N-dealkylation sites (tertiary alicyclic amines) is 1. The van der Waals surface area contributed by atoms with E-state index in [2.05, 4.69) is 9.53 Å². The summed E-state index contributed by atoms with van der Waals surface area (Å²) >= 11 is 1.23. The molecule has 2 aromatic rings. The minimum absolute atomic E-state index is 0.0146. The van der Waals surface area contributed by atoms with E-state index >= 15 is 0 Å². The third kappa shape index (κ3) is 1.92. The molecule has 0 spiro atoms. The van der Waals surface area contributed by atoms with Gasteiger partial charge in [-0.15, -0.1) is 0 Å². The lowest BCUT2D eigenvalue weighted by Crippen LogP contribution is -2.29. The van der Waals surface area contributed by atoms with Gasteiger partial charge in [0.1, 0.15) is 4.88 Å². The van der Waals surface area contributed by atoms with Crippen LogP contribution < -0.4 is 0 Å². The maximum Gasteiger partial charge on any atom is 0.266 e. The van der Waals surface area contributed by atoms with Gasteiger partial charge in [-0.25, -0.2) is 4.37 Å². The molecule has 3 rings (SSSR count). The fourth-order valence-corrected chi connectivity index (χ4v) is 2.87. The molecule has 1 atom stereocenters. The zero-order chi connectivity index (χ0) is 12.5. The molecule has 18 heavy (non-hydrogen) atoms. The van der Waals surface area contributed by atoms with Crippen LogP contribution in [0.4, 0.5) is 0 Å². The highest BCUT2D eigenvalue weighted by atomic mass is 32.1. The first-order valence-corrected chi connectivity index (χ1v) is 6.68. The molecule has 1 fully saturated rings. The summed E-state index contributed by atoms with van der Waals surface area (Å²) in [6, 6.07) is 3.68. The smallest absolute Gasteiger partial charge is 0.266 e. The maximum atomic E-state index is 12.3. The van der Waals surface area contributed by atoms with Crippen molar-refractivity contribution in [3.8, 4) is 0 Å². The van der Waals surface area contributed by atoms with Gasteiger partial charge in [-0.1, -0.05) is 5.16 Å². The molecule has 1 unspecified atom stereocenters. The fraction of sp³-hybridized carbons (Fsp3) is 0.417. The van der Waals surface area contributed by atoms with Crippen molar-refractivity contribution in [2.24, 2.45) is 0 Å². The van der Waals surface area contributed by atoms with Gasteiger partial charge >= 0.3 is 0 Å². The van der Waals surface area contributed by atoms with E-state index in [1.165, 1.54) is 11.5 Å². The lowest BCUT2D eigenvalue weighted by atomic mass is 10.1. The Kier molecular flexibility index (Phi) is 2.87. The zero-order valence-corrected chi connectivity index (χ0v) is 10.8. The van der Waals surface area contributed by atoms with Crippen LogP contribution >= 0.6 is 11.5 Å². The number of carbonyl (C=O) groups is 1. The highest BCUT2D eigenvalue weighted by Gasteiger charge is 2.33. The second-order valence-corrected chi connectivity index (χ2v) is 5.24. The van der Waals surface area contributed by atoms with Gasteiger partial charge in [-0.05, 0) is 37.4 Å². The van der Waals surface area contributed by atoms with Crippen LogP contribution in [0.3, 0.4) is 0 Å². The van der Waals surface area contributed by atoms with Gasteiger partial charge in [0.25, 0.3) is 5.91 Å². The van der Waals surface area contributed by atoms with Crippen molar-refractivity contribution in [2.75, 3.05) is 6.54 Å². The second-order valence-electron chi connectivity index (χ2n) is 4.40. The third-order valence-corrected chi connectivity index (χ3v) is 3.87. The molecule has 0 bridgehead atoms. The summed E-state index contributed by atoms with van der Waals surface area (Å²) < 4.78 is 9.26. The van der Waals surface area contributed by atoms with Gasteiger partial charge in [0, 0.05) is 18.8 Å². The van der Waals surface area contributed by atoms with E-state index in [1.54, 1.807) is 12.3 Å². The number of hydrogen-bond donors (Lipinski definition) is 0. The van der Waals surface area contributed by atoms with E-state index in [1.807, 2.05) is 17.9 Å². The van der Waals surface area contributed by atoms with Gasteiger partial charge in [0.2, 0.25) is 0 Å². The molecule has 1 saturated heterocycles. The summed E-state index contributed by atoms with van der Waals surface area (Å²) in [4.78, 5) is 14.9. The first-order chi connectivity index (χ1) is 8.75. The highest BCUT2D eigenvalue weighted by Crippen LogP contribution is 2.33. The Morgan fingerprint density at radius 3 is 3.17 bits per heavy atom. The summed E-state index contributed by atoms with van der Waals surface area (Å²) in [5, 5.41) is 3.90. The van der Waals surface area contributed by atoms with Crippen LogP contribution in [0.1, 0.15) is 40.0 Å². The Labute approximate surface area is 109 Å². The molecular weight excluding hydrogens is 250 g/mol. The number of hydrogen-bond acceptors (Lipinski definition) is 5. The van der Waals surface area contributed by atoms with Gasteiger partial charge < -0.3 is 9.42 Å². The monoisotopic (exact) mass is 263 g/mol. The van der Waals surface area contributed by atoms with Crippen LogP contribution in [0.25, 0.3) is 0 Å². The van der Waals surface area contributed by atoms with Crippen LogP contribution in [0.15, 0.2) is 22.9 Å². The van der Waals surface area contributed by atoms with E-state index < -0.39 is 0 Å². The summed E-state index contributed by atoms with van der Waals surface area (Å²) in [5.41, 5.74) is 0.849. The van der Waals surface area contributed by atoms with Crippen molar-refractivity contribution in [1.82, 2.24) is 14.4 Å². The SMILES string of the molecule is Cc1cc(C2CCCN2C(=O)c2ccns2)on1. The molecular formula is C12H13N3O2S. The summed E-state index contributed by atoms with van der Waals surface area (Å²) in [5.74, 6) is 0.817. The standard InChI is InChI=1S/C12H13N3O2S/c1-8-7-10(17-14-8)9-3-2-6-15(9)12(16)11-4-5-13-18-11/h4-5,7,9H,2-3,6H2,1H3. The van der Waals surface area contributed by atoms with Crippen molar-refractivity contribution in [3.05, 3.63) is 34.7 Å². The van der Waals surface area contributed by atoms with Crippen LogP contribution in [0.5, 0.6) is 0 Å². The summed E-state index contributed by atoms with van der Waals surface area (Å²) in [6.07, 6.45) is 3.58. The Hall–Kier alpha value is -1.69. The molecule has 3 heterocycles. The molecule has 1 amide bonds. The molecule has 1 aliphatic rings. The average molecular weight is 263 g/mol. The van der Waals surface area contributed by atoms with Crippen molar-refractivity contribution in [3.63, 3.8) is 0 Å². The molecule has 0 saturated carbocycles. The quantitative estimate of drug-likeness (QED) is 0.835. The molecule has 0 N–H and O–H groups in total. The largest absolute Gasteiger partial charge is 0.359 e. The first kappa shape index (κ1) is 11.4. The first-order valence-electron chi connectivity index (χ1n) is 5.90. The van der Waals surface area contributed by atoms with Crippen LogP contribution in [0.2, 0.25) is 0 Å². The molecule has 94 valence electrons. The number of aromatic nitrogens is 2. The van der Waals surface area contributed by atoms with Crippen LogP contribution in [0, 0.1) is 6.92 Å². The minimum Gasteiger partial charge on any atom is -0.359 e. The topological polar surface area (TPSA) is 59.2 Å². The van der Waals surface area contributed by atoms with Gasteiger partial charge in [-0.3, -0.25) is 4.79 Å². The summed E-state index contributed by atoms with van der Waals surface area (Å²) in [6.45, 7) is 2.65. The second kappa shape index (κ2) is 4.53. The van der Waals surface area contributed by atoms with Crippen molar-refractivity contribution in [2.45, 2.75) is 25.8 Å². The molecule has 5 nitrogen and oxygen atoms in total. The molecule has 0 aromatic carbocycles. The average Bonchev–Trinajstić information content (AvgIpc) is 3.09. The fourth-order valence-electron chi connectivity index (χ4n) is 2.31. The number of amides is 1. The number of rotatable bonds is 2. The predicted octanol–water partition coefficient (Wildman–Crippen LogP) is 2.42. The normalized spacial score (nSPS) is 19.4. The minimum atomic E-state index is 0.0146. The van der Waals surface area contributed by atoms with E-state index in [-0.39, 0.29) is 11.9 Å². The molecule has 1 aliphatic heterocycles. The van der Waals surface area contributed by atoms with E-state index in [0.29, 0.717) is 4.88 Å². The Bertz CT molecular complexity index is 549. The Morgan fingerprint density at radius 1 is 1.61 bits per heavy atom. The maximum absolute atomic E-state index is 12.3. The molecule has 0 aliphatic carbocycles. The van der Waals surface area contributed by atoms with Gasteiger partial charge in [-0.2, -0.15) is 0 Å². The Balaban J connectivity index is 1.85. The number of carbonyl (C=O) groups excluding carboxylic acids is 1. The van der Waals surface area contributed by atoms with Crippen LogP contribution in [-0.2, 0) is 0 Å². The highest BCUT2D eigenvalue weighted by molar-refractivity contribution is 7.08. The van der Waals surface area contributed by atoms with E-state index in [0.717, 1.165) is 30.8 Å². The van der Waals surface area contributed by atoms with Crippen molar-refractivity contribution < 1.29 is 9.32 Å². The number of nitrogens with zero attached hydrogens (tertiary/aromatic N) is 3. The molecule has 0 radical (unpaired) electrons. The van der Waals surface area contributed by atoms with E-state index in [9.17, 15) is 4.79 Å². The van der Waals surface area contributed by atoms with Gasteiger partial charge in [0.05, 0.1) is 11.7 Å². The number of aryl methyl sites for hydroxylation is 1. The summed E-state index contributed by atoms with van der Waals surface area (Å²) in [7, 11) is 0. The molecule has 6 heteroatoms. The third-order valence-electron chi connectivity index (χ3n) is 3.14. The van der Waals surface area contributed by atoms with Gasteiger partial charge in [0.15, 0.2) is 5.76 Å². The predicted molar refractivity (Wildman–Crippen MR) is 66.4 cm³/mol. The van der Waals surface area contributed by atoms with Crippen molar-refractivity contribution >= 4 is 17.4 Å². The lowest BCUT2D eigenvalue weighted by molar-refractivity contribution is 0.0719. The van der Waals surface area contributed by atoms with Crippen LogP contribution in [-0.4, -0.2) is 26.9 Å². The Morgan fingerprint density at radius 2 is 2.50 bits per heavy atom. The van der Waals surface area contributed by atoms with Crippen molar-refractivity contribution in [1.29, 1.82) is 0 Å². The molecule has 2 aromatic heterocycles.